The Morgan fingerprint density at radius 1 is 1.02 bits per heavy atom. The van der Waals surface area contributed by atoms with Crippen LogP contribution >= 0.6 is 0 Å². The number of pyridine rings is 1. The molecule has 228 valence electrons. The number of aromatic nitrogens is 6. The number of methoxy groups -OCH3 is 3. The Balaban J connectivity index is 1.63. The lowest BCUT2D eigenvalue weighted by atomic mass is 10.0. The second-order valence-corrected chi connectivity index (χ2v) is 9.40. The second-order valence-electron chi connectivity index (χ2n) is 9.40. The van der Waals surface area contributed by atoms with Crippen molar-refractivity contribution in [3.63, 3.8) is 0 Å². The molecule has 1 N–H and O–H groups in total. The molecule has 0 fully saturated rings. The number of nitrogens with zero attached hydrogens (tertiary/aromatic N) is 7. The Morgan fingerprint density at radius 2 is 1.77 bits per heavy atom. The number of allylic oxidation sites excluding steroid dienone is 2. The highest BCUT2D eigenvalue weighted by molar-refractivity contribution is 5.94. The standard InChI is InChI=1S/C29H27F3N8O4/c1-5-17-14-39(7-6-24(17)29(30,31)32)26-23(13-35-28(38-26)37-19-9-20(42-2)11-21(10-19)43-3)18-8-22(27(41)44-4)25(34-12-18)40-16-33-15-36-40/h6-13,15-16H,5,14H2,1-4H3,(H,35,37,38). The normalized spacial score (nSPS) is 13.2. The van der Waals surface area contributed by atoms with Crippen LogP contribution in [0.15, 0.2) is 72.7 Å². The van der Waals surface area contributed by atoms with E-state index in [9.17, 15) is 18.0 Å². The molecule has 0 unspecified atom stereocenters. The molecule has 0 amide bonds. The maximum Gasteiger partial charge on any atom is 0.416 e. The first kappa shape index (κ1) is 30.0. The zero-order chi connectivity index (χ0) is 31.4. The minimum atomic E-state index is -4.50. The van der Waals surface area contributed by atoms with Crippen LogP contribution in [-0.4, -0.2) is 69.7 Å². The first-order valence-electron chi connectivity index (χ1n) is 13.2. The molecule has 4 aromatic rings. The largest absolute Gasteiger partial charge is 0.497 e. The third kappa shape index (κ3) is 6.16. The van der Waals surface area contributed by atoms with E-state index >= 15 is 0 Å². The van der Waals surface area contributed by atoms with Crippen molar-refractivity contribution in [3.05, 3.63) is 78.3 Å². The molecule has 0 saturated carbocycles. The molecule has 0 atom stereocenters. The summed E-state index contributed by atoms with van der Waals surface area (Å²) in [5.41, 5.74) is 0.935. The lowest BCUT2D eigenvalue weighted by molar-refractivity contribution is -0.0893. The van der Waals surface area contributed by atoms with Crippen LogP contribution in [-0.2, 0) is 4.74 Å². The highest BCUT2D eigenvalue weighted by Crippen LogP contribution is 2.38. The van der Waals surface area contributed by atoms with Gasteiger partial charge in [-0.1, -0.05) is 6.92 Å². The highest BCUT2D eigenvalue weighted by atomic mass is 19.4. The maximum absolute atomic E-state index is 13.7. The van der Waals surface area contributed by atoms with E-state index in [-0.39, 0.29) is 41.7 Å². The van der Waals surface area contributed by atoms with Crippen molar-refractivity contribution in [2.75, 3.05) is 38.1 Å². The summed E-state index contributed by atoms with van der Waals surface area (Å²) in [5, 5.41) is 7.15. The Morgan fingerprint density at radius 3 is 2.39 bits per heavy atom. The van der Waals surface area contributed by atoms with E-state index in [0.717, 1.165) is 6.08 Å². The molecule has 44 heavy (non-hydrogen) atoms. The van der Waals surface area contributed by atoms with Gasteiger partial charge in [0.15, 0.2) is 5.82 Å². The molecule has 1 aromatic carbocycles. The Labute approximate surface area is 249 Å². The molecule has 0 saturated heterocycles. The lowest BCUT2D eigenvalue weighted by Gasteiger charge is -2.29. The molecule has 1 aliphatic heterocycles. The van der Waals surface area contributed by atoms with E-state index in [4.69, 9.17) is 19.2 Å². The van der Waals surface area contributed by atoms with Gasteiger partial charge in [0.25, 0.3) is 0 Å². The van der Waals surface area contributed by atoms with Crippen LogP contribution in [0, 0.1) is 0 Å². The van der Waals surface area contributed by atoms with Crippen LogP contribution in [0.2, 0.25) is 0 Å². The Bertz CT molecular complexity index is 1720. The summed E-state index contributed by atoms with van der Waals surface area (Å²) < 4.78 is 58.2. The highest BCUT2D eigenvalue weighted by Gasteiger charge is 2.36. The van der Waals surface area contributed by atoms with Gasteiger partial charge in [-0.2, -0.15) is 23.3 Å². The zero-order valence-corrected chi connectivity index (χ0v) is 24.1. The molecule has 0 radical (unpaired) electrons. The van der Waals surface area contributed by atoms with E-state index < -0.39 is 17.7 Å². The van der Waals surface area contributed by atoms with Crippen LogP contribution in [0.5, 0.6) is 11.5 Å². The number of hydrogen-bond donors (Lipinski definition) is 1. The van der Waals surface area contributed by atoms with Crippen molar-refractivity contribution < 1.29 is 32.2 Å². The van der Waals surface area contributed by atoms with E-state index in [1.54, 1.807) is 30.0 Å². The number of carbonyl (C=O) groups is 1. The van der Waals surface area contributed by atoms with E-state index in [2.05, 4.69) is 25.4 Å². The molecule has 0 spiro atoms. The van der Waals surface area contributed by atoms with Crippen LogP contribution in [0.4, 0.5) is 30.6 Å². The fourth-order valence-electron chi connectivity index (χ4n) is 4.60. The third-order valence-corrected chi connectivity index (χ3v) is 6.76. The van der Waals surface area contributed by atoms with Gasteiger partial charge in [0.1, 0.15) is 35.5 Å². The Hall–Kier alpha value is -5.47. The minimum Gasteiger partial charge on any atom is -0.497 e. The summed E-state index contributed by atoms with van der Waals surface area (Å²) in [6.45, 7) is 1.59. The first-order chi connectivity index (χ1) is 21.1. The minimum absolute atomic E-state index is 0.0768. The fraction of sp³-hybridized carbons (Fsp3) is 0.241. The van der Waals surface area contributed by atoms with E-state index in [1.165, 1.54) is 63.3 Å². The number of benzene rings is 1. The van der Waals surface area contributed by atoms with Gasteiger partial charge in [-0.15, -0.1) is 0 Å². The predicted octanol–water partition coefficient (Wildman–Crippen LogP) is 5.27. The summed E-state index contributed by atoms with van der Waals surface area (Å²) in [6.07, 6.45) is 3.68. The predicted molar refractivity (Wildman–Crippen MR) is 154 cm³/mol. The van der Waals surface area contributed by atoms with Crippen molar-refractivity contribution in [2.45, 2.75) is 19.5 Å². The quantitative estimate of drug-likeness (QED) is 0.250. The van der Waals surface area contributed by atoms with Crippen molar-refractivity contribution in [3.8, 4) is 28.4 Å². The van der Waals surface area contributed by atoms with Crippen molar-refractivity contribution in [2.24, 2.45) is 0 Å². The molecule has 0 aliphatic carbocycles. The first-order valence-corrected chi connectivity index (χ1v) is 13.2. The smallest absolute Gasteiger partial charge is 0.416 e. The maximum atomic E-state index is 13.7. The SMILES string of the molecule is CCC1=C(C(F)(F)F)C=CN(c2nc(Nc3cc(OC)cc(OC)c3)ncc2-c2cnc(-n3cncn3)c(C(=O)OC)c2)C1. The number of ether oxygens (including phenoxy) is 3. The molecule has 12 nitrogen and oxygen atoms in total. The van der Waals surface area contributed by atoms with Crippen molar-refractivity contribution >= 4 is 23.4 Å². The third-order valence-electron chi connectivity index (χ3n) is 6.76. The summed E-state index contributed by atoms with van der Waals surface area (Å²) >= 11 is 0. The number of nitrogens with one attached hydrogen (secondary N) is 1. The molecular weight excluding hydrogens is 581 g/mol. The number of halogens is 3. The summed E-state index contributed by atoms with van der Waals surface area (Å²) in [5.74, 6) is 0.961. The number of rotatable bonds is 9. The van der Waals surface area contributed by atoms with Crippen LogP contribution in [0.25, 0.3) is 16.9 Å². The Kier molecular flexibility index (Phi) is 8.46. The van der Waals surface area contributed by atoms with Gasteiger partial charge in [-0.25, -0.2) is 24.4 Å². The average Bonchev–Trinajstić information content (AvgIpc) is 3.58. The lowest BCUT2D eigenvalue weighted by Crippen LogP contribution is -2.28. The van der Waals surface area contributed by atoms with Crippen LogP contribution < -0.4 is 19.7 Å². The topological polar surface area (TPSA) is 129 Å². The van der Waals surface area contributed by atoms with Gasteiger partial charge in [0, 0.05) is 60.2 Å². The zero-order valence-electron chi connectivity index (χ0n) is 24.1. The number of alkyl halides is 3. The molecular formula is C29H27F3N8O4. The van der Waals surface area contributed by atoms with Gasteiger partial charge < -0.3 is 24.4 Å². The van der Waals surface area contributed by atoms with Gasteiger partial charge >= 0.3 is 12.1 Å². The number of anilines is 3. The van der Waals surface area contributed by atoms with Gasteiger partial charge in [0.05, 0.1) is 26.9 Å². The average molecular weight is 609 g/mol. The summed E-state index contributed by atoms with van der Waals surface area (Å²) in [6, 6.07) is 6.65. The summed E-state index contributed by atoms with van der Waals surface area (Å²) in [7, 11) is 4.27. The van der Waals surface area contributed by atoms with Crippen LogP contribution in [0.1, 0.15) is 23.7 Å². The molecule has 3 aromatic heterocycles. The molecule has 15 heteroatoms. The fourth-order valence-corrected chi connectivity index (χ4v) is 4.60. The molecule has 4 heterocycles. The summed E-state index contributed by atoms with van der Waals surface area (Å²) in [4.78, 5) is 31.8. The number of carbonyl (C=O) groups excluding carboxylic acids is 1. The monoisotopic (exact) mass is 608 g/mol. The van der Waals surface area contributed by atoms with Gasteiger partial charge in [-0.05, 0) is 24.1 Å². The second kappa shape index (κ2) is 12.4. The van der Waals surface area contributed by atoms with Gasteiger partial charge in [0.2, 0.25) is 5.95 Å². The molecule has 0 bridgehead atoms. The van der Waals surface area contributed by atoms with Crippen molar-refractivity contribution in [1.29, 1.82) is 0 Å². The van der Waals surface area contributed by atoms with Crippen LogP contribution in [0.3, 0.4) is 0 Å². The molecule has 1 aliphatic rings. The van der Waals surface area contributed by atoms with E-state index in [1.807, 2.05) is 0 Å². The molecule has 5 rings (SSSR count). The van der Waals surface area contributed by atoms with E-state index in [0.29, 0.717) is 28.3 Å². The van der Waals surface area contributed by atoms with Gasteiger partial charge in [-0.3, -0.25) is 0 Å². The number of hydrogen-bond acceptors (Lipinski definition) is 11. The van der Waals surface area contributed by atoms with Crippen molar-refractivity contribution in [1.82, 2.24) is 29.7 Å². The number of esters is 1.